The van der Waals surface area contributed by atoms with Gasteiger partial charge in [0, 0.05) is 0 Å². The molecule has 0 radical (unpaired) electrons. The summed E-state index contributed by atoms with van der Waals surface area (Å²) in [5, 5.41) is 11.7. The third-order valence-corrected chi connectivity index (χ3v) is 3.58. The maximum Gasteiger partial charge on any atom is 0.329 e. The fraction of sp³-hybridized carbons (Fsp3) is 0.500. The normalized spacial score (nSPS) is 14.7. The molecule has 1 aromatic rings. The van der Waals surface area contributed by atoms with Gasteiger partial charge in [-0.25, -0.2) is 4.79 Å². The van der Waals surface area contributed by atoms with E-state index in [-0.39, 0.29) is 13.0 Å². The summed E-state index contributed by atoms with van der Waals surface area (Å²) in [6.45, 7) is 5.01. The number of amides is 1. The smallest absolute Gasteiger partial charge is 0.329 e. The monoisotopic (exact) mass is 309 g/mol. The van der Waals surface area contributed by atoms with Gasteiger partial charge in [-0.1, -0.05) is 19.1 Å². The van der Waals surface area contributed by atoms with Crippen LogP contribution in [0.1, 0.15) is 32.8 Å². The van der Waals surface area contributed by atoms with Gasteiger partial charge in [0.25, 0.3) is 0 Å². The van der Waals surface area contributed by atoms with E-state index in [0.717, 1.165) is 5.56 Å². The van der Waals surface area contributed by atoms with Crippen molar-refractivity contribution in [3.63, 3.8) is 0 Å². The van der Waals surface area contributed by atoms with E-state index in [1.54, 1.807) is 21.0 Å². The fourth-order valence-corrected chi connectivity index (χ4v) is 1.73. The second-order valence-corrected chi connectivity index (χ2v) is 5.28. The highest BCUT2D eigenvalue weighted by molar-refractivity contribution is 5.88. The number of carboxylic acids is 1. The molecule has 1 aromatic carbocycles. The molecule has 0 aromatic heterocycles. The summed E-state index contributed by atoms with van der Waals surface area (Å²) < 4.78 is 10.6. The van der Waals surface area contributed by atoms with Crippen molar-refractivity contribution < 1.29 is 24.2 Å². The van der Waals surface area contributed by atoms with Crippen LogP contribution in [-0.4, -0.2) is 35.7 Å². The fourth-order valence-electron chi connectivity index (χ4n) is 1.73. The molecule has 1 rings (SSSR count). The molecule has 2 atom stereocenters. The number of carbonyl (C=O) groups excluding carboxylic acids is 1. The van der Waals surface area contributed by atoms with Crippen LogP contribution < -0.4 is 10.1 Å². The van der Waals surface area contributed by atoms with E-state index in [1.807, 2.05) is 24.3 Å². The van der Waals surface area contributed by atoms with Gasteiger partial charge in [0.15, 0.2) is 0 Å². The maximum atomic E-state index is 12.0. The Kier molecular flexibility index (Phi) is 6.37. The number of aliphatic carboxylic acids is 1. The summed E-state index contributed by atoms with van der Waals surface area (Å²) in [6.07, 6.45) is -0.465. The summed E-state index contributed by atoms with van der Waals surface area (Å²) in [4.78, 5) is 23.2. The zero-order valence-corrected chi connectivity index (χ0v) is 13.4. The molecule has 2 unspecified atom stereocenters. The number of hydrogen-bond acceptors (Lipinski definition) is 4. The summed E-state index contributed by atoms with van der Waals surface area (Å²) in [7, 11) is 1.58. The van der Waals surface area contributed by atoms with Crippen LogP contribution in [0.15, 0.2) is 24.3 Å². The van der Waals surface area contributed by atoms with Crippen LogP contribution in [0.25, 0.3) is 0 Å². The molecule has 0 saturated heterocycles. The first kappa shape index (κ1) is 18.0. The topological polar surface area (TPSA) is 84.9 Å². The Morgan fingerprint density at radius 2 is 2.09 bits per heavy atom. The summed E-state index contributed by atoms with van der Waals surface area (Å²) >= 11 is 0. The minimum Gasteiger partial charge on any atom is -0.497 e. The summed E-state index contributed by atoms with van der Waals surface area (Å²) in [5.41, 5.74) is -0.416. The van der Waals surface area contributed by atoms with Crippen LogP contribution in [0, 0.1) is 0 Å². The predicted molar refractivity (Wildman–Crippen MR) is 81.7 cm³/mol. The molecule has 0 bridgehead atoms. The number of carbonyl (C=O) groups is 2. The van der Waals surface area contributed by atoms with Gasteiger partial charge < -0.3 is 19.9 Å². The number of benzene rings is 1. The van der Waals surface area contributed by atoms with Gasteiger partial charge in [0.2, 0.25) is 5.91 Å². The van der Waals surface area contributed by atoms with Crippen molar-refractivity contribution in [2.24, 2.45) is 0 Å². The minimum atomic E-state index is -1.29. The Morgan fingerprint density at radius 3 is 2.64 bits per heavy atom. The molecule has 0 saturated carbocycles. The lowest BCUT2D eigenvalue weighted by Crippen LogP contribution is -2.54. The lowest BCUT2D eigenvalue weighted by molar-refractivity contribution is -0.149. The molecule has 6 heteroatoms. The molecule has 6 nitrogen and oxygen atoms in total. The predicted octanol–water partition coefficient (Wildman–Crippen LogP) is 1.97. The van der Waals surface area contributed by atoms with E-state index in [2.05, 4.69) is 5.32 Å². The average molecular weight is 309 g/mol. The molecular weight excluding hydrogens is 286 g/mol. The minimum absolute atomic E-state index is 0.238. The SMILES string of the molecule is CCC(C)(NC(=O)C(C)OCc1cccc(OC)c1)C(=O)O. The van der Waals surface area contributed by atoms with Crippen LogP contribution >= 0.6 is 0 Å². The van der Waals surface area contributed by atoms with Crippen LogP contribution in [0.2, 0.25) is 0 Å². The maximum absolute atomic E-state index is 12.0. The number of carboxylic acid groups (broad SMARTS) is 1. The molecule has 0 fully saturated rings. The van der Waals surface area contributed by atoms with Crippen molar-refractivity contribution in [1.29, 1.82) is 0 Å². The molecule has 0 aliphatic carbocycles. The zero-order valence-electron chi connectivity index (χ0n) is 13.4. The van der Waals surface area contributed by atoms with E-state index in [4.69, 9.17) is 14.6 Å². The van der Waals surface area contributed by atoms with Crippen LogP contribution in [0.3, 0.4) is 0 Å². The van der Waals surface area contributed by atoms with Crippen LogP contribution in [0.4, 0.5) is 0 Å². The van der Waals surface area contributed by atoms with Gasteiger partial charge in [0.05, 0.1) is 13.7 Å². The lowest BCUT2D eigenvalue weighted by Gasteiger charge is -2.26. The molecule has 22 heavy (non-hydrogen) atoms. The zero-order chi connectivity index (χ0) is 16.8. The molecule has 0 aliphatic rings. The first-order chi connectivity index (χ1) is 10.3. The first-order valence-corrected chi connectivity index (χ1v) is 7.12. The van der Waals surface area contributed by atoms with Crippen molar-refractivity contribution >= 4 is 11.9 Å². The number of ether oxygens (including phenoxy) is 2. The van der Waals surface area contributed by atoms with Crippen molar-refractivity contribution in [3.05, 3.63) is 29.8 Å². The Balaban J connectivity index is 2.59. The highest BCUT2D eigenvalue weighted by Gasteiger charge is 2.34. The lowest BCUT2D eigenvalue weighted by atomic mass is 9.99. The van der Waals surface area contributed by atoms with E-state index in [0.29, 0.717) is 5.75 Å². The van der Waals surface area contributed by atoms with Gasteiger partial charge in [-0.2, -0.15) is 0 Å². The Morgan fingerprint density at radius 1 is 1.41 bits per heavy atom. The van der Waals surface area contributed by atoms with Gasteiger partial charge in [-0.3, -0.25) is 4.79 Å². The van der Waals surface area contributed by atoms with Crippen molar-refractivity contribution in [1.82, 2.24) is 5.32 Å². The van der Waals surface area contributed by atoms with E-state index in [1.165, 1.54) is 6.92 Å². The quantitative estimate of drug-likeness (QED) is 0.767. The number of methoxy groups -OCH3 is 1. The molecule has 122 valence electrons. The van der Waals surface area contributed by atoms with Gasteiger partial charge in [-0.15, -0.1) is 0 Å². The highest BCUT2D eigenvalue weighted by Crippen LogP contribution is 2.14. The average Bonchev–Trinajstić information content (AvgIpc) is 2.52. The molecule has 2 N–H and O–H groups in total. The van der Waals surface area contributed by atoms with E-state index in [9.17, 15) is 9.59 Å². The van der Waals surface area contributed by atoms with Crippen molar-refractivity contribution in [3.8, 4) is 5.75 Å². The Hall–Kier alpha value is -2.08. The van der Waals surface area contributed by atoms with E-state index < -0.39 is 23.5 Å². The molecule has 1 amide bonds. The third kappa shape index (κ3) is 4.73. The highest BCUT2D eigenvalue weighted by atomic mass is 16.5. The number of hydrogen-bond donors (Lipinski definition) is 2. The van der Waals surface area contributed by atoms with Crippen molar-refractivity contribution in [2.45, 2.75) is 45.4 Å². The molecule has 0 aliphatic heterocycles. The summed E-state index contributed by atoms with van der Waals surface area (Å²) in [6, 6.07) is 7.33. The Labute approximate surface area is 130 Å². The third-order valence-electron chi connectivity index (χ3n) is 3.58. The van der Waals surface area contributed by atoms with Gasteiger partial charge >= 0.3 is 5.97 Å². The number of rotatable bonds is 8. The van der Waals surface area contributed by atoms with Crippen molar-refractivity contribution in [2.75, 3.05) is 7.11 Å². The van der Waals surface area contributed by atoms with Crippen LogP contribution in [-0.2, 0) is 20.9 Å². The second kappa shape index (κ2) is 7.79. The van der Waals surface area contributed by atoms with Gasteiger partial charge in [-0.05, 0) is 38.0 Å². The standard InChI is InChI=1S/C16H23NO5/c1-5-16(3,15(19)20)17-14(18)11(2)22-10-12-7-6-8-13(9-12)21-4/h6-9,11H,5,10H2,1-4H3,(H,17,18)(H,19,20). The number of nitrogens with one attached hydrogen (secondary N) is 1. The molecular formula is C16H23NO5. The summed E-state index contributed by atoms with van der Waals surface area (Å²) in [5.74, 6) is -0.805. The largest absolute Gasteiger partial charge is 0.497 e. The van der Waals surface area contributed by atoms with E-state index >= 15 is 0 Å². The first-order valence-electron chi connectivity index (χ1n) is 7.12. The molecule has 0 spiro atoms. The van der Waals surface area contributed by atoms with Crippen LogP contribution in [0.5, 0.6) is 5.75 Å². The van der Waals surface area contributed by atoms with Gasteiger partial charge in [0.1, 0.15) is 17.4 Å². The second-order valence-electron chi connectivity index (χ2n) is 5.28. The molecule has 0 heterocycles. The Bertz CT molecular complexity index is 531.